The van der Waals surface area contributed by atoms with Gasteiger partial charge in [0.25, 0.3) is 5.91 Å². The summed E-state index contributed by atoms with van der Waals surface area (Å²) in [7, 11) is 0. The van der Waals surface area contributed by atoms with E-state index < -0.39 is 17.8 Å². The summed E-state index contributed by atoms with van der Waals surface area (Å²) in [6, 6.07) is 9.57. The van der Waals surface area contributed by atoms with Gasteiger partial charge >= 0.3 is 6.18 Å². The summed E-state index contributed by atoms with van der Waals surface area (Å²) in [6.45, 7) is -0.140. The van der Waals surface area contributed by atoms with Gasteiger partial charge in [-0.15, -0.1) is 0 Å². The van der Waals surface area contributed by atoms with E-state index in [1.54, 1.807) is 30.3 Å². The van der Waals surface area contributed by atoms with Gasteiger partial charge in [0.2, 0.25) is 5.88 Å². The Bertz CT molecular complexity index is 1080. The molecular weight excluding hydrogens is 433 g/mol. The van der Waals surface area contributed by atoms with Crippen LogP contribution in [0.4, 0.5) is 13.2 Å². The second-order valence-corrected chi connectivity index (χ2v) is 7.65. The van der Waals surface area contributed by atoms with Crippen molar-refractivity contribution in [1.29, 1.82) is 0 Å². The molecule has 31 heavy (non-hydrogen) atoms. The van der Waals surface area contributed by atoms with Crippen molar-refractivity contribution < 1.29 is 22.7 Å². The first kappa shape index (κ1) is 21.2. The van der Waals surface area contributed by atoms with Crippen LogP contribution in [0.1, 0.15) is 41.0 Å². The molecule has 2 N–H and O–H groups in total. The van der Waals surface area contributed by atoms with Gasteiger partial charge in [-0.05, 0) is 49.1 Å². The van der Waals surface area contributed by atoms with Crippen LogP contribution in [0.25, 0.3) is 11.1 Å². The van der Waals surface area contributed by atoms with Gasteiger partial charge in [-0.1, -0.05) is 23.7 Å². The van der Waals surface area contributed by atoms with Crippen LogP contribution >= 0.6 is 11.6 Å². The molecule has 6 nitrogen and oxygen atoms in total. The summed E-state index contributed by atoms with van der Waals surface area (Å²) in [6.07, 6.45) is -0.0577. The maximum absolute atomic E-state index is 12.7. The van der Waals surface area contributed by atoms with E-state index in [1.165, 1.54) is 6.20 Å². The van der Waals surface area contributed by atoms with Gasteiger partial charge in [0.1, 0.15) is 6.10 Å². The molecule has 1 fully saturated rings. The topological polar surface area (TPSA) is 79.9 Å². The van der Waals surface area contributed by atoms with Crippen LogP contribution in [0.3, 0.4) is 0 Å². The number of aromatic nitrogens is 3. The van der Waals surface area contributed by atoms with Crippen molar-refractivity contribution in [2.45, 2.75) is 38.1 Å². The molecule has 3 aromatic rings. The molecule has 10 heteroatoms. The number of nitrogens with zero attached hydrogens (tertiary/aromatic N) is 2. The number of hydrogen-bond donors (Lipinski definition) is 2. The first-order chi connectivity index (χ1) is 14.8. The van der Waals surface area contributed by atoms with E-state index in [0.717, 1.165) is 30.9 Å². The van der Waals surface area contributed by atoms with Crippen LogP contribution in [-0.4, -0.2) is 27.2 Å². The third-order valence-corrected chi connectivity index (χ3v) is 5.21. The average molecular weight is 451 g/mol. The molecule has 0 bridgehead atoms. The molecule has 2 aromatic heterocycles. The summed E-state index contributed by atoms with van der Waals surface area (Å²) >= 11 is 5.98. The molecule has 0 atom stereocenters. The number of aromatic amines is 1. The van der Waals surface area contributed by atoms with Gasteiger partial charge in [-0.25, -0.2) is 4.98 Å². The molecule has 0 radical (unpaired) electrons. The number of halogens is 4. The van der Waals surface area contributed by atoms with E-state index in [9.17, 15) is 18.0 Å². The Morgan fingerprint density at radius 3 is 2.58 bits per heavy atom. The molecule has 1 aliphatic carbocycles. The van der Waals surface area contributed by atoms with E-state index in [1.807, 2.05) is 0 Å². The minimum atomic E-state index is -4.55. The van der Waals surface area contributed by atoms with Gasteiger partial charge in [0.05, 0.1) is 17.8 Å². The van der Waals surface area contributed by atoms with Crippen LogP contribution < -0.4 is 10.1 Å². The molecule has 1 aliphatic rings. The Morgan fingerprint density at radius 1 is 1.23 bits per heavy atom. The number of amides is 1. The van der Waals surface area contributed by atoms with Gasteiger partial charge in [-0.3, -0.25) is 9.89 Å². The maximum Gasteiger partial charge on any atom is 0.435 e. The summed E-state index contributed by atoms with van der Waals surface area (Å²) < 4.78 is 43.9. The minimum Gasteiger partial charge on any atom is -0.474 e. The number of carbonyl (C=O) groups is 1. The third kappa shape index (κ3) is 4.99. The van der Waals surface area contributed by atoms with E-state index in [-0.39, 0.29) is 23.9 Å². The monoisotopic (exact) mass is 450 g/mol. The lowest BCUT2D eigenvalue weighted by molar-refractivity contribution is -0.141. The number of alkyl halides is 3. The Morgan fingerprint density at radius 2 is 1.97 bits per heavy atom. The van der Waals surface area contributed by atoms with Crippen molar-refractivity contribution in [3.8, 4) is 17.0 Å². The molecule has 162 valence electrons. The van der Waals surface area contributed by atoms with Gasteiger partial charge < -0.3 is 10.1 Å². The minimum absolute atomic E-state index is 0.0985. The van der Waals surface area contributed by atoms with Crippen LogP contribution in [0.5, 0.6) is 5.88 Å². The number of H-pyrrole nitrogens is 1. The number of rotatable bonds is 6. The lowest BCUT2D eigenvalue weighted by Gasteiger charge is -2.26. The quantitative estimate of drug-likeness (QED) is 0.553. The molecular formula is C21H18ClF3N4O2. The van der Waals surface area contributed by atoms with Gasteiger partial charge in [0, 0.05) is 16.8 Å². The van der Waals surface area contributed by atoms with Gasteiger partial charge in [-0.2, -0.15) is 18.3 Å². The number of benzene rings is 1. The molecule has 1 amide bonds. The molecule has 0 unspecified atom stereocenters. The third-order valence-electron chi connectivity index (χ3n) is 4.96. The number of nitrogens with one attached hydrogen (secondary N) is 2. The van der Waals surface area contributed by atoms with Crippen molar-refractivity contribution in [3.63, 3.8) is 0 Å². The highest BCUT2D eigenvalue weighted by Crippen LogP contribution is 2.33. The standard InChI is InChI=1S/C21H18ClF3N4O2/c22-14-6-4-12(5-7-14)17-8-13(10-27-20(17)31-16-2-1-3-16)19(30)26-11-15-9-18(29-28-15)21(23,24)25/h4-10,16H,1-3,11H2,(H,26,30)(H,28,29). The summed E-state index contributed by atoms with van der Waals surface area (Å²) in [5, 5.41) is 8.63. The second-order valence-electron chi connectivity index (χ2n) is 7.21. The zero-order valence-corrected chi connectivity index (χ0v) is 16.9. The summed E-state index contributed by atoms with van der Waals surface area (Å²) in [5.74, 6) is -0.0620. The largest absolute Gasteiger partial charge is 0.474 e. The zero-order chi connectivity index (χ0) is 22.0. The highest BCUT2D eigenvalue weighted by atomic mass is 35.5. The molecule has 0 aliphatic heterocycles. The molecule has 4 rings (SSSR count). The molecule has 0 spiro atoms. The van der Waals surface area contributed by atoms with Crippen molar-refractivity contribution in [1.82, 2.24) is 20.5 Å². The number of ether oxygens (including phenoxy) is 1. The molecule has 2 heterocycles. The number of pyridine rings is 1. The Labute approximate surface area is 180 Å². The van der Waals surface area contributed by atoms with Crippen LogP contribution in [0.15, 0.2) is 42.6 Å². The van der Waals surface area contributed by atoms with E-state index in [2.05, 4.69) is 20.5 Å². The Balaban J connectivity index is 1.53. The zero-order valence-electron chi connectivity index (χ0n) is 16.2. The fourth-order valence-corrected chi connectivity index (χ4v) is 3.15. The Hall–Kier alpha value is -3.07. The number of carbonyl (C=O) groups excluding carboxylic acids is 1. The summed E-state index contributed by atoms with van der Waals surface area (Å²) in [4.78, 5) is 16.9. The van der Waals surface area contributed by atoms with Crippen molar-refractivity contribution in [2.24, 2.45) is 0 Å². The fraction of sp³-hybridized carbons (Fsp3) is 0.286. The van der Waals surface area contributed by atoms with Crippen molar-refractivity contribution in [2.75, 3.05) is 0 Å². The van der Waals surface area contributed by atoms with E-state index in [4.69, 9.17) is 16.3 Å². The lowest BCUT2D eigenvalue weighted by Crippen LogP contribution is -2.26. The highest BCUT2D eigenvalue weighted by Gasteiger charge is 2.33. The smallest absolute Gasteiger partial charge is 0.435 e. The fourth-order valence-electron chi connectivity index (χ4n) is 3.03. The van der Waals surface area contributed by atoms with Crippen LogP contribution in [0.2, 0.25) is 5.02 Å². The highest BCUT2D eigenvalue weighted by molar-refractivity contribution is 6.30. The molecule has 0 saturated heterocycles. The van der Waals surface area contributed by atoms with Crippen LogP contribution in [0, 0.1) is 0 Å². The number of hydrogen-bond acceptors (Lipinski definition) is 4. The first-order valence-electron chi connectivity index (χ1n) is 9.62. The van der Waals surface area contributed by atoms with E-state index in [0.29, 0.717) is 16.5 Å². The summed E-state index contributed by atoms with van der Waals surface area (Å²) in [5.41, 5.74) is 0.764. The predicted molar refractivity (Wildman–Crippen MR) is 108 cm³/mol. The molecule has 1 aromatic carbocycles. The second kappa shape index (κ2) is 8.58. The van der Waals surface area contributed by atoms with Crippen LogP contribution in [-0.2, 0) is 12.7 Å². The lowest BCUT2D eigenvalue weighted by atomic mass is 9.96. The van der Waals surface area contributed by atoms with Gasteiger partial charge in [0.15, 0.2) is 5.69 Å². The van der Waals surface area contributed by atoms with Crippen molar-refractivity contribution in [3.05, 3.63) is 64.6 Å². The normalized spacial score (nSPS) is 14.2. The predicted octanol–water partition coefficient (Wildman–Crippen LogP) is 5.01. The van der Waals surface area contributed by atoms with Crippen molar-refractivity contribution >= 4 is 17.5 Å². The Kier molecular flexibility index (Phi) is 5.86. The first-order valence-corrected chi connectivity index (χ1v) is 10.00. The maximum atomic E-state index is 12.7. The average Bonchev–Trinajstić information content (AvgIpc) is 3.19. The SMILES string of the molecule is O=C(NCc1cc(C(F)(F)F)n[nH]1)c1cnc(OC2CCC2)c(-c2ccc(Cl)cc2)c1. The molecule has 1 saturated carbocycles. The van der Waals surface area contributed by atoms with E-state index >= 15 is 0 Å².